The van der Waals surface area contributed by atoms with Crippen LogP contribution in [0.25, 0.3) is 0 Å². The van der Waals surface area contributed by atoms with Crippen molar-refractivity contribution < 1.29 is 14.5 Å². The number of pyridine rings is 1. The number of nitro groups is 1. The molecule has 134 valence electrons. The van der Waals surface area contributed by atoms with Crippen LogP contribution in [0.15, 0.2) is 29.1 Å². The third-order valence-electron chi connectivity index (χ3n) is 4.42. The minimum Gasteiger partial charge on any atom is -0.325 e. The number of aromatic nitrogens is 1. The lowest BCUT2D eigenvalue weighted by molar-refractivity contribution is -0.384. The first-order valence-electron chi connectivity index (χ1n) is 8.12. The minimum absolute atomic E-state index is 0.0909. The smallest absolute Gasteiger partial charge is 0.269 e. The number of amides is 1. The van der Waals surface area contributed by atoms with Crippen molar-refractivity contribution in [3.8, 4) is 0 Å². The molecule has 1 aromatic heterocycles. The molecule has 0 spiro atoms. The van der Waals surface area contributed by atoms with Gasteiger partial charge < -0.3 is 10.3 Å². The number of hydrogen-bond acceptors (Lipinski definition) is 5. The number of non-ortho nitro benzene ring substituents is 1. The molecule has 2 aromatic rings. The number of rotatable bonds is 3. The van der Waals surface area contributed by atoms with Gasteiger partial charge in [0.25, 0.3) is 17.2 Å². The molecule has 1 aromatic carbocycles. The first-order valence-corrected chi connectivity index (χ1v) is 8.12. The van der Waals surface area contributed by atoms with Crippen LogP contribution in [-0.4, -0.2) is 21.6 Å². The van der Waals surface area contributed by atoms with Gasteiger partial charge in [0, 0.05) is 35.5 Å². The molecule has 0 fully saturated rings. The number of Topliss-reactive ketones (excluding diaryl/α,β-unsaturated/α-hetero) is 1. The number of aryl methyl sites for hydroxylation is 1. The summed E-state index contributed by atoms with van der Waals surface area (Å²) < 4.78 is 0. The van der Waals surface area contributed by atoms with Crippen molar-refractivity contribution >= 4 is 23.1 Å². The zero-order valence-corrected chi connectivity index (χ0v) is 14.3. The zero-order chi connectivity index (χ0) is 19.0. The van der Waals surface area contributed by atoms with E-state index in [-0.39, 0.29) is 23.0 Å². The van der Waals surface area contributed by atoms with Crippen molar-refractivity contribution in [1.29, 1.82) is 0 Å². The van der Waals surface area contributed by atoms with Gasteiger partial charge in [-0.25, -0.2) is 0 Å². The SMILES string of the molecule is Cc1cc([N+](=O)[O-])ccc1NC(=O)c1cc2c([nH]c1=O)CC(C)CC2=O. The number of carbonyl (C=O) groups excluding carboxylic acids is 2. The maximum Gasteiger partial charge on any atom is 0.269 e. The Kier molecular flexibility index (Phi) is 4.41. The number of hydrogen-bond donors (Lipinski definition) is 2. The van der Waals surface area contributed by atoms with Gasteiger partial charge in [0.1, 0.15) is 5.56 Å². The van der Waals surface area contributed by atoms with Gasteiger partial charge in [-0.3, -0.25) is 24.5 Å². The minimum atomic E-state index is -0.669. The Morgan fingerprint density at radius 3 is 2.65 bits per heavy atom. The monoisotopic (exact) mass is 355 g/mol. The van der Waals surface area contributed by atoms with Crippen LogP contribution in [0.3, 0.4) is 0 Å². The number of ketones is 1. The van der Waals surface area contributed by atoms with E-state index in [0.717, 1.165) is 0 Å². The number of anilines is 1. The fourth-order valence-corrected chi connectivity index (χ4v) is 3.09. The highest BCUT2D eigenvalue weighted by atomic mass is 16.6. The van der Waals surface area contributed by atoms with Crippen LogP contribution in [0, 0.1) is 23.0 Å². The predicted molar refractivity (Wildman–Crippen MR) is 94.7 cm³/mol. The molecule has 1 heterocycles. The summed E-state index contributed by atoms with van der Waals surface area (Å²) in [5, 5.41) is 13.4. The molecule has 0 saturated carbocycles. The quantitative estimate of drug-likeness (QED) is 0.647. The van der Waals surface area contributed by atoms with Crippen LogP contribution in [0.1, 0.15) is 45.3 Å². The van der Waals surface area contributed by atoms with E-state index in [0.29, 0.717) is 35.3 Å². The average molecular weight is 355 g/mol. The Labute approximate surface area is 148 Å². The van der Waals surface area contributed by atoms with Gasteiger partial charge in [-0.1, -0.05) is 6.92 Å². The highest BCUT2D eigenvalue weighted by molar-refractivity contribution is 6.07. The maximum absolute atomic E-state index is 12.5. The summed E-state index contributed by atoms with van der Waals surface area (Å²) in [7, 11) is 0. The molecule has 1 aliphatic rings. The molecule has 0 aliphatic heterocycles. The molecule has 0 bridgehead atoms. The van der Waals surface area contributed by atoms with Crippen molar-refractivity contribution in [3.63, 3.8) is 0 Å². The number of nitro benzene ring substituents is 1. The highest BCUT2D eigenvalue weighted by Gasteiger charge is 2.26. The lowest BCUT2D eigenvalue weighted by Gasteiger charge is -2.20. The Morgan fingerprint density at radius 2 is 2.00 bits per heavy atom. The van der Waals surface area contributed by atoms with E-state index in [1.54, 1.807) is 6.92 Å². The van der Waals surface area contributed by atoms with Gasteiger partial charge in [-0.05, 0) is 37.0 Å². The van der Waals surface area contributed by atoms with Crippen LogP contribution in [0.5, 0.6) is 0 Å². The van der Waals surface area contributed by atoms with E-state index >= 15 is 0 Å². The third kappa shape index (κ3) is 3.26. The summed E-state index contributed by atoms with van der Waals surface area (Å²) in [6.45, 7) is 3.54. The third-order valence-corrected chi connectivity index (χ3v) is 4.42. The summed E-state index contributed by atoms with van der Waals surface area (Å²) in [5.74, 6) is -0.624. The van der Waals surface area contributed by atoms with Gasteiger partial charge >= 0.3 is 0 Å². The zero-order valence-electron chi connectivity index (χ0n) is 14.3. The lowest BCUT2D eigenvalue weighted by atomic mass is 9.86. The van der Waals surface area contributed by atoms with E-state index in [1.807, 2.05) is 6.92 Å². The van der Waals surface area contributed by atoms with Crippen LogP contribution >= 0.6 is 0 Å². The van der Waals surface area contributed by atoms with Gasteiger partial charge in [-0.15, -0.1) is 0 Å². The molecule has 2 N–H and O–H groups in total. The van der Waals surface area contributed by atoms with Crippen molar-refractivity contribution in [2.75, 3.05) is 5.32 Å². The van der Waals surface area contributed by atoms with Crippen LogP contribution in [-0.2, 0) is 6.42 Å². The number of carbonyl (C=O) groups is 2. The van der Waals surface area contributed by atoms with Crippen LogP contribution in [0.2, 0.25) is 0 Å². The summed E-state index contributed by atoms with van der Waals surface area (Å²) in [6, 6.07) is 5.34. The molecule has 1 unspecified atom stereocenters. The van der Waals surface area contributed by atoms with Crippen LogP contribution in [0.4, 0.5) is 11.4 Å². The van der Waals surface area contributed by atoms with E-state index in [4.69, 9.17) is 0 Å². The summed E-state index contributed by atoms with van der Waals surface area (Å²) in [4.78, 5) is 49.8. The number of nitrogens with one attached hydrogen (secondary N) is 2. The number of nitrogens with zero attached hydrogens (tertiary/aromatic N) is 1. The molecule has 26 heavy (non-hydrogen) atoms. The topological polar surface area (TPSA) is 122 Å². The molecular weight excluding hydrogens is 338 g/mol. The highest BCUT2D eigenvalue weighted by Crippen LogP contribution is 2.24. The van der Waals surface area contributed by atoms with Gasteiger partial charge in [-0.2, -0.15) is 0 Å². The van der Waals surface area contributed by atoms with Crippen molar-refractivity contribution in [2.24, 2.45) is 5.92 Å². The van der Waals surface area contributed by atoms with Crippen LogP contribution < -0.4 is 10.9 Å². The van der Waals surface area contributed by atoms with Crippen molar-refractivity contribution in [2.45, 2.75) is 26.7 Å². The standard InChI is InChI=1S/C18H17N3O5/c1-9-5-15-12(16(22)6-9)8-13(18(24)20-15)17(23)19-14-4-3-11(21(25)26)7-10(14)2/h3-4,7-9H,5-6H2,1-2H3,(H,19,23)(H,20,24). The first-order chi connectivity index (χ1) is 12.3. The summed E-state index contributed by atoms with van der Waals surface area (Å²) in [5.41, 5.74) is 0.957. The first kappa shape index (κ1) is 17.5. The predicted octanol–water partition coefficient (Wildman–Crippen LogP) is 2.61. The Balaban J connectivity index is 1.92. The normalized spacial score (nSPS) is 16.1. The molecule has 1 atom stereocenters. The fraction of sp³-hybridized carbons (Fsp3) is 0.278. The summed E-state index contributed by atoms with van der Waals surface area (Å²) >= 11 is 0. The second-order valence-electron chi connectivity index (χ2n) is 6.55. The molecular formula is C18H17N3O5. The second kappa shape index (κ2) is 6.55. The molecule has 8 heteroatoms. The molecule has 0 radical (unpaired) electrons. The lowest BCUT2D eigenvalue weighted by Crippen LogP contribution is -2.29. The molecule has 0 saturated heterocycles. The van der Waals surface area contributed by atoms with E-state index < -0.39 is 16.4 Å². The van der Waals surface area contributed by atoms with E-state index in [2.05, 4.69) is 10.3 Å². The van der Waals surface area contributed by atoms with E-state index in [9.17, 15) is 24.5 Å². The number of benzene rings is 1. The molecule has 8 nitrogen and oxygen atoms in total. The molecule has 3 rings (SSSR count). The van der Waals surface area contributed by atoms with Crippen molar-refractivity contribution in [1.82, 2.24) is 4.98 Å². The van der Waals surface area contributed by atoms with Gasteiger partial charge in [0.05, 0.1) is 4.92 Å². The Bertz CT molecular complexity index is 993. The average Bonchev–Trinajstić information content (AvgIpc) is 2.55. The second-order valence-corrected chi connectivity index (χ2v) is 6.55. The fourth-order valence-electron chi connectivity index (χ4n) is 3.09. The molecule has 1 aliphatic carbocycles. The maximum atomic E-state index is 12.5. The number of H-pyrrole nitrogens is 1. The number of aromatic amines is 1. The van der Waals surface area contributed by atoms with Gasteiger partial charge in [0.15, 0.2) is 5.78 Å². The largest absolute Gasteiger partial charge is 0.325 e. The summed E-state index contributed by atoms with van der Waals surface area (Å²) in [6.07, 6.45) is 0.960. The van der Waals surface area contributed by atoms with E-state index in [1.165, 1.54) is 24.3 Å². The Hall–Kier alpha value is -3.29. The Morgan fingerprint density at radius 1 is 1.27 bits per heavy atom. The van der Waals surface area contributed by atoms with Crippen molar-refractivity contribution in [3.05, 3.63) is 67.1 Å². The number of fused-ring (bicyclic) bond motifs is 1. The van der Waals surface area contributed by atoms with Gasteiger partial charge in [0.2, 0.25) is 0 Å². The molecule has 1 amide bonds.